The lowest BCUT2D eigenvalue weighted by Crippen LogP contribution is -2.15. The Bertz CT molecular complexity index is 1620. The minimum atomic E-state index is -0.501. The fraction of sp³-hybridized carbons (Fsp3) is 0.0435. The first-order valence-electron chi connectivity index (χ1n) is 9.94. The Morgan fingerprint density at radius 3 is 2.73 bits per heavy atom. The molecular formula is C23H17ClN6O2S. The zero-order valence-corrected chi connectivity index (χ0v) is 18.6. The summed E-state index contributed by atoms with van der Waals surface area (Å²) in [6, 6.07) is 19.2. The number of hydrogen-bond donors (Lipinski definition) is 3. The summed E-state index contributed by atoms with van der Waals surface area (Å²) >= 11 is 7.72. The molecule has 33 heavy (non-hydrogen) atoms. The summed E-state index contributed by atoms with van der Waals surface area (Å²) < 4.78 is 1.72. The number of fused-ring (bicyclic) bond motifs is 1. The van der Waals surface area contributed by atoms with E-state index in [9.17, 15) is 9.90 Å². The van der Waals surface area contributed by atoms with Gasteiger partial charge in [-0.3, -0.25) is 4.98 Å². The fourth-order valence-electron chi connectivity index (χ4n) is 3.26. The zero-order valence-electron chi connectivity index (χ0n) is 17.1. The number of rotatable bonds is 5. The van der Waals surface area contributed by atoms with Gasteiger partial charge in [0.1, 0.15) is 10.7 Å². The molecule has 0 aliphatic rings. The van der Waals surface area contributed by atoms with Gasteiger partial charge in [0.05, 0.1) is 11.9 Å². The molecule has 5 aromatic rings. The van der Waals surface area contributed by atoms with E-state index in [1.807, 2.05) is 36.4 Å². The summed E-state index contributed by atoms with van der Waals surface area (Å²) in [5.74, 6) is 0.485. The van der Waals surface area contributed by atoms with E-state index < -0.39 is 5.69 Å². The van der Waals surface area contributed by atoms with E-state index in [2.05, 4.69) is 37.2 Å². The van der Waals surface area contributed by atoms with E-state index in [1.165, 1.54) is 5.56 Å². The van der Waals surface area contributed by atoms with Crippen molar-refractivity contribution in [2.24, 2.45) is 4.99 Å². The number of aromatic hydroxyl groups is 1. The SMILES string of the molecule is O=c1[nH]c(O)c(C=c2cnn3c(SCc4ccccc4)cc(=Nc4cccc(Cl)c4)nc23)[nH]1. The molecule has 2 aromatic carbocycles. The molecular weight excluding hydrogens is 460 g/mol. The maximum absolute atomic E-state index is 11.5. The molecule has 5 rings (SSSR count). The first-order valence-corrected chi connectivity index (χ1v) is 11.3. The molecule has 0 bridgehead atoms. The average molecular weight is 477 g/mol. The van der Waals surface area contributed by atoms with Crippen molar-refractivity contribution in [1.82, 2.24) is 24.6 Å². The highest BCUT2D eigenvalue weighted by Crippen LogP contribution is 2.22. The van der Waals surface area contributed by atoms with Crippen molar-refractivity contribution in [3.63, 3.8) is 0 Å². The lowest BCUT2D eigenvalue weighted by molar-refractivity contribution is 0.454. The van der Waals surface area contributed by atoms with E-state index in [0.29, 0.717) is 27.1 Å². The number of benzene rings is 2. The standard InChI is InChI=1S/C23H17ClN6O2S/c24-16-7-4-8-17(10-16)26-19-11-20(33-13-14-5-2-1-3-6-14)30-21(28-19)15(12-25-30)9-18-22(31)29-23(32)27-18/h1-12,31H,13H2,(H2,27,29,32). The van der Waals surface area contributed by atoms with Gasteiger partial charge in [0.15, 0.2) is 11.1 Å². The topological polar surface area (TPSA) is 111 Å². The van der Waals surface area contributed by atoms with Crippen LogP contribution in [0.2, 0.25) is 5.02 Å². The van der Waals surface area contributed by atoms with Gasteiger partial charge in [-0.2, -0.15) is 5.10 Å². The Morgan fingerprint density at radius 2 is 1.97 bits per heavy atom. The summed E-state index contributed by atoms with van der Waals surface area (Å²) in [5, 5.41) is 16.5. The summed E-state index contributed by atoms with van der Waals surface area (Å²) in [6.07, 6.45) is 3.24. The van der Waals surface area contributed by atoms with E-state index in [-0.39, 0.29) is 11.6 Å². The Kier molecular flexibility index (Phi) is 5.72. The largest absolute Gasteiger partial charge is 0.493 e. The second kappa shape index (κ2) is 8.97. The molecule has 10 heteroatoms. The van der Waals surface area contributed by atoms with Crippen molar-refractivity contribution in [2.75, 3.05) is 0 Å². The van der Waals surface area contributed by atoms with Crippen LogP contribution in [-0.2, 0) is 5.75 Å². The van der Waals surface area contributed by atoms with Crippen LogP contribution in [0.15, 0.2) is 81.7 Å². The number of nitrogens with zero attached hydrogens (tertiary/aromatic N) is 4. The number of thioether (sulfide) groups is 1. The van der Waals surface area contributed by atoms with Crippen LogP contribution < -0.4 is 16.4 Å². The summed E-state index contributed by atoms with van der Waals surface area (Å²) in [6.45, 7) is 0. The van der Waals surface area contributed by atoms with Crippen LogP contribution in [0.4, 0.5) is 5.69 Å². The van der Waals surface area contributed by atoms with Gasteiger partial charge >= 0.3 is 5.69 Å². The van der Waals surface area contributed by atoms with Crippen LogP contribution in [0.25, 0.3) is 11.7 Å². The molecule has 0 spiro atoms. The number of imidazole rings is 1. The third-order valence-electron chi connectivity index (χ3n) is 4.77. The third kappa shape index (κ3) is 4.69. The van der Waals surface area contributed by atoms with Gasteiger partial charge in [-0.05, 0) is 29.8 Å². The first-order chi connectivity index (χ1) is 16.0. The zero-order chi connectivity index (χ0) is 22.8. The number of H-pyrrole nitrogens is 2. The number of aromatic amines is 2. The Balaban J connectivity index is 1.66. The lowest BCUT2D eigenvalue weighted by Gasteiger charge is -2.05. The number of aromatic nitrogens is 5. The van der Waals surface area contributed by atoms with Gasteiger partial charge < -0.3 is 10.1 Å². The molecule has 0 unspecified atom stereocenters. The molecule has 0 atom stereocenters. The maximum Gasteiger partial charge on any atom is 0.326 e. The third-order valence-corrected chi connectivity index (χ3v) is 6.07. The molecule has 3 aromatic heterocycles. The van der Waals surface area contributed by atoms with Gasteiger partial charge in [-0.1, -0.05) is 48.0 Å². The first kappa shape index (κ1) is 21.0. The van der Waals surface area contributed by atoms with Crippen molar-refractivity contribution in [3.8, 4) is 5.88 Å². The molecule has 164 valence electrons. The monoisotopic (exact) mass is 476 g/mol. The molecule has 0 amide bonds. The predicted octanol–water partition coefficient (Wildman–Crippen LogP) is 3.18. The second-order valence-electron chi connectivity index (χ2n) is 7.14. The van der Waals surface area contributed by atoms with Crippen LogP contribution >= 0.6 is 23.4 Å². The van der Waals surface area contributed by atoms with Gasteiger partial charge in [0.2, 0.25) is 5.88 Å². The molecule has 8 nitrogen and oxygen atoms in total. The highest BCUT2D eigenvalue weighted by Gasteiger charge is 2.10. The van der Waals surface area contributed by atoms with Crippen molar-refractivity contribution in [3.05, 3.63) is 104 Å². The second-order valence-corrected chi connectivity index (χ2v) is 8.57. The number of halogens is 1. The highest BCUT2D eigenvalue weighted by atomic mass is 35.5. The molecule has 0 aliphatic carbocycles. The number of nitrogens with one attached hydrogen (secondary N) is 2. The van der Waals surface area contributed by atoms with Gasteiger partial charge in [0.25, 0.3) is 0 Å². The van der Waals surface area contributed by atoms with Crippen LogP contribution in [-0.4, -0.2) is 29.7 Å². The Labute approximate surface area is 196 Å². The van der Waals surface area contributed by atoms with E-state index >= 15 is 0 Å². The molecule has 3 N–H and O–H groups in total. The average Bonchev–Trinajstić information content (AvgIpc) is 3.35. The summed E-state index contributed by atoms with van der Waals surface area (Å²) in [7, 11) is 0. The van der Waals surface area contributed by atoms with Crippen molar-refractivity contribution >= 4 is 40.8 Å². The molecule has 0 radical (unpaired) electrons. The molecule has 0 saturated carbocycles. The quantitative estimate of drug-likeness (QED) is 0.266. The fourth-order valence-corrected chi connectivity index (χ4v) is 4.40. The van der Waals surface area contributed by atoms with Crippen LogP contribution in [0.3, 0.4) is 0 Å². The minimum Gasteiger partial charge on any atom is -0.493 e. The summed E-state index contributed by atoms with van der Waals surface area (Å²) in [5.41, 5.74) is 2.62. The minimum absolute atomic E-state index is 0.243. The predicted molar refractivity (Wildman–Crippen MR) is 128 cm³/mol. The normalized spacial score (nSPS) is 12.6. The smallest absolute Gasteiger partial charge is 0.326 e. The van der Waals surface area contributed by atoms with Gasteiger partial charge in [0, 0.05) is 22.1 Å². The van der Waals surface area contributed by atoms with Crippen LogP contribution in [0.5, 0.6) is 5.88 Å². The van der Waals surface area contributed by atoms with Crippen molar-refractivity contribution in [1.29, 1.82) is 0 Å². The molecule has 0 fully saturated rings. The molecule has 0 saturated heterocycles. The van der Waals surface area contributed by atoms with Crippen LogP contribution in [0, 0.1) is 0 Å². The van der Waals surface area contributed by atoms with Gasteiger partial charge in [-0.15, -0.1) is 11.8 Å². The maximum atomic E-state index is 11.5. The van der Waals surface area contributed by atoms with Crippen LogP contribution in [0.1, 0.15) is 11.3 Å². The van der Waals surface area contributed by atoms with Gasteiger partial charge in [-0.25, -0.2) is 19.3 Å². The lowest BCUT2D eigenvalue weighted by atomic mass is 10.2. The molecule has 0 aliphatic heterocycles. The van der Waals surface area contributed by atoms with E-state index in [1.54, 1.807) is 40.7 Å². The highest BCUT2D eigenvalue weighted by molar-refractivity contribution is 7.98. The Hall–Kier alpha value is -3.82. The van der Waals surface area contributed by atoms with Crippen molar-refractivity contribution < 1.29 is 5.11 Å². The number of hydrogen-bond acceptors (Lipinski definition) is 6. The summed E-state index contributed by atoms with van der Waals surface area (Å²) in [4.78, 5) is 25.7. The van der Waals surface area contributed by atoms with E-state index in [4.69, 9.17) is 11.6 Å². The molecule has 3 heterocycles. The Morgan fingerprint density at radius 1 is 1.12 bits per heavy atom. The van der Waals surface area contributed by atoms with E-state index in [0.717, 1.165) is 10.8 Å². The van der Waals surface area contributed by atoms with Crippen molar-refractivity contribution in [2.45, 2.75) is 10.8 Å².